The molecule has 0 bridgehead atoms. The smallest absolute Gasteiger partial charge is 0.410 e. The quantitative estimate of drug-likeness (QED) is 0.494. The third kappa shape index (κ3) is 5.74. The van der Waals surface area contributed by atoms with Gasteiger partial charge in [-0.25, -0.2) is 23.5 Å². The van der Waals surface area contributed by atoms with E-state index in [2.05, 4.69) is 9.97 Å². The van der Waals surface area contributed by atoms with Gasteiger partial charge in [-0.1, -0.05) is 0 Å². The maximum absolute atomic E-state index is 14.2. The number of nitriles is 1. The molecule has 1 aliphatic rings. The van der Waals surface area contributed by atoms with Crippen LogP contribution in [-0.4, -0.2) is 45.8 Å². The average molecular weight is 482 g/mol. The molecule has 0 radical (unpaired) electrons. The van der Waals surface area contributed by atoms with Crippen LogP contribution >= 0.6 is 0 Å². The molecule has 2 heterocycles. The van der Waals surface area contributed by atoms with E-state index in [0.29, 0.717) is 42.8 Å². The van der Waals surface area contributed by atoms with E-state index >= 15 is 0 Å². The van der Waals surface area contributed by atoms with E-state index in [-0.39, 0.29) is 17.9 Å². The number of ether oxygens (including phenoxy) is 3. The molecule has 0 spiro atoms. The standard InChI is InChI=1S/C25H24F2N4O4/c1-25(2,3)35-24(32)31-10-8-15(9-11-31)33-22-14-29-20-7-4-16(12-21(20)30-22)34-23-17(13-28)18(26)5-6-19(23)27/h4-7,12,14-15H,8-11H2,1-3H3. The molecule has 1 saturated heterocycles. The van der Waals surface area contributed by atoms with Crippen molar-refractivity contribution in [2.75, 3.05) is 13.1 Å². The van der Waals surface area contributed by atoms with Crippen LogP contribution in [0.5, 0.6) is 17.4 Å². The van der Waals surface area contributed by atoms with Gasteiger partial charge in [-0.05, 0) is 45.0 Å². The van der Waals surface area contributed by atoms with Crippen molar-refractivity contribution >= 4 is 17.1 Å². The number of likely N-dealkylation sites (tertiary alicyclic amines) is 1. The van der Waals surface area contributed by atoms with Gasteiger partial charge in [0, 0.05) is 32.0 Å². The Hall–Kier alpha value is -4.00. The first-order valence-corrected chi connectivity index (χ1v) is 11.1. The zero-order valence-corrected chi connectivity index (χ0v) is 19.5. The van der Waals surface area contributed by atoms with Gasteiger partial charge in [-0.2, -0.15) is 5.26 Å². The van der Waals surface area contributed by atoms with Crippen LogP contribution in [0, 0.1) is 23.0 Å². The summed E-state index contributed by atoms with van der Waals surface area (Å²) in [7, 11) is 0. The molecule has 1 fully saturated rings. The maximum Gasteiger partial charge on any atom is 0.410 e. The Balaban J connectivity index is 1.45. The summed E-state index contributed by atoms with van der Waals surface area (Å²) < 4.78 is 44.9. The first kappa shape index (κ1) is 24.1. The Morgan fingerprint density at radius 3 is 2.51 bits per heavy atom. The van der Waals surface area contributed by atoms with E-state index in [0.717, 1.165) is 12.1 Å². The highest BCUT2D eigenvalue weighted by atomic mass is 19.1. The van der Waals surface area contributed by atoms with Crippen molar-refractivity contribution in [1.82, 2.24) is 14.9 Å². The number of nitrogens with zero attached hydrogens (tertiary/aromatic N) is 4. The van der Waals surface area contributed by atoms with E-state index in [1.807, 2.05) is 20.8 Å². The summed E-state index contributed by atoms with van der Waals surface area (Å²) in [5, 5.41) is 9.16. The molecule has 1 aliphatic heterocycles. The third-order valence-corrected chi connectivity index (χ3v) is 5.26. The molecule has 8 nitrogen and oxygen atoms in total. The molecule has 1 amide bonds. The van der Waals surface area contributed by atoms with Crippen molar-refractivity contribution in [2.45, 2.75) is 45.3 Å². The maximum atomic E-state index is 14.2. The van der Waals surface area contributed by atoms with Crippen LogP contribution in [0.4, 0.5) is 13.6 Å². The van der Waals surface area contributed by atoms with Gasteiger partial charge in [0.05, 0.1) is 17.2 Å². The molecule has 0 saturated carbocycles. The molecule has 0 unspecified atom stereocenters. The van der Waals surface area contributed by atoms with Crippen LogP contribution < -0.4 is 9.47 Å². The second-order valence-electron chi connectivity index (χ2n) is 9.09. The first-order valence-electron chi connectivity index (χ1n) is 11.1. The lowest BCUT2D eigenvalue weighted by atomic mass is 10.1. The number of carbonyl (C=O) groups is 1. The summed E-state index contributed by atoms with van der Waals surface area (Å²) in [4.78, 5) is 22.7. The van der Waals surface area contributed by atoms with Gasteiger partial charge < -0.3 is 19.1 Å². The summed E-state index contributed by atoms with van der Waals surface area (Å²) in [5.41, 5.74) is -0.109. The summed E-state index contributed by atoms with van der Waals surface area (Å²) in [6.07, 6.45) is 2.22. The van der Waals surface area contributed by atoms with Gasteiger partial charge in [-0.15, -0.1) is 0 Å². The normalized spacial score (nSPS) is 14.5. The number of benzene rings is 2. The second kappa shape index (κ2) is 9.70. The number of piperidine rings is 1. The molecule has 0 aliphatic carbocycles. The topological polar surface area (TPSA) is 97.6 Å². The number of hydrogen-bond acceptors (Lipinski definition) is 7. The molecule has 35 heavy (non-hydrogen) atoms. The molecule has 0 atom stereocenters. The number of halogens is 2. The Kier molecular flexibility index (Phi) is 6.69. The lowest BCUT2D eigenvalue weighted by Crippen LogP contribution is -2.44. The van der Waals surface area contributed by atoms with Gasteiger partial charge in [0.2, 0.25) is 5.88 Å². The number of hydrogen-bond donors (Lipinski definition) is 0. The van der Waals surface area contributed by atoms with E-state index in [1.165, 1.54) is 18.3 Å². The van der Waals surface area contributed by atoms with Crippen molar-refractivity contribution in [1.29, 1.82) is 5.26 Å². The fraction of sp³-hybridized carbons (Fsp3) is 0.360. The molecular formula is C25H24F2N4O4. The molecule has 10 heteroatoms. The summed E-state index contributed by atoms with van der Waals surface area (Å²) in [6, 6.07) is 8.03. The van der Waals surface area contributed by atoms with Gasteiger partial charge >= 0.3 is 6.09 Å². The van der Waals surface area contributed by atoms with Crippen LogP contribution in [-0.2, 0) is 4.74 Å². The third-order valence-electron chi connectivity index (χ3n) is 5.26. The van der Waals surface area contributed by atoms with Crippen molar-refractivity contribution in [3.63, 3.8) is 0 Å². The fourth-order valence-electron chi connectivity index (χ4n) is 3.60. The van der Waals surface area contributed by atoms with E-state index in [9.17, 15) is 13.6 Å². The fourth-order valence-corrected chi connectivity index (χ4v) is 3.60. The summed E-state index contributed by atoms with van der Waals surface area (Å²) >= 11 is 0. The van der Waals surface area contributed by atoms with Crippen molar-refractivity contribution < 1.29 is 27.8 Å². The first-order chi connectivity index (χ1) is 16.6. The average Bonchev–Trinajstić information content (AvgIpc) is 2.81. The highest BCUT2D eigenvalue weighted by molar-refractivity contribution is 5.76. The minimum atomic E-state index is -0.877. The molecule has 3 aromatic rings. The highest BCUT2D eigenvalue weighted by Gasteiger charge is 2.28. The summed E-state index contributed by atoms with van der Waals surface area (Å²) in [6.45, 7) is 6.48. The van der Waals surface area contributed by atoms with E-state index in [1.54, 1.807) is 17.0 Å². The minimum absolute atomic E-state index is 0.153. The van der Waals surface area contributed by atoms with Crippen molar-refractivity contribution in [3.8, 4) is 23.4 Å². The van der Waals surface area contributed by atoms with Crippen LogP contribution in [0.25, 0.3) is 11.0 Å². The second-order valence-corrected chi connectivity index (χ2v) is 9.09. The lowest BCUT2D eigenvalue weighted by Gasteiger charge is -2.33. The van der Waals surface area contributed by atoms with E-state index < -0.39 is 28.5 Å². The minimum Gasteiger partial charge on any atom is -0.473 e. The van der Waals surface area contributed by atoms with E-state index in [4.69, 9.17) is 19.5 Å². The number of carbonyl (C=O) groups excluding carboxylic acids is 1. The van der Waals surface area contributed by atoms with Crippen LogP contribution in [0.15, 0.2) is 36.5 Å². The van der Waals surface area contributed by atoms with Crippen LogP contribution in [0.3, 0.4) is 0 Å². The Morgan fingerprint density at radius 2 is 1.83 bits per heavy atom. The number of fused-ring (bicyclic) bond motifs is 1. The molecule has 182 valence electrons. The van der Waals surface area contributed by atoms with Gasteiger partial charge in [0.15, 0.2) is 11.6 Å². The number of amides is 1. The molecule has 0 N–H and O–H groups in total. The SMILES string of the molecule is CC(C)(C)OC(=O)N1CCC(Oc2cnc3ccc(Oc4c(F)ccc(F)c4C#N)cc3n2)CC1. The zero-order chi connectivity index (χ0) is 25.2. The van der Waals surface area contributed by atoms with Crippen LogP contribution in [0.2, 0.25) is 0 Å². The predicted molar refractivity (Wildman–Crippen MR) is 122 cm³/mol. The zero-order valence-electron chi connectivity index (χ0n) is 19.5. The van der Waals surface area contributed by atoms with Crippen molar-refractivity contribution in [2.24, 2.45) is 0 Å². The number of rotatable bonds is 4. The van der Waals surface area contributed by atoms with Crippen LogP contribution in [0.1, 0.15) is 39.2 Å². The number of aromatic nitrogens is 2. The van der Waals surface area contributed by atoms with Gasteiger partial charge in [0.1, 0.15) is 34.9 Å². The Labute approximate surface area is 201 Å². The molecular weight excluding hydrogens is 458 g/mol. The molecule has 4 rings (SSSR count). The Morgan fingerprint density at radius 1 is 1.11 bits per heavy atom. The molecule has 1 aromatic heterocycles. The Bertz CT molecular complexity index is 1300. The largest absolute Gasteiger partial charge is 0.473 e. The van der Waals surface area contributed by atoms with Crippen molar-refractivity contribution in [3.05, 3.63) is 53.7 Å². The van der Waals surface area contributed by atoms with Gasteiger partial charge in [-0.3, -0.25) is 0 Å². The van der Waals surface area contributed by atoms with Gasteiger partial charge in [0.25, 0.3) is 0 Å². The molecule has 2 aromatic carbocycles. The predicted octanol–water partition coefficient (Wildman–Crippen LogP) is 5.35. The summed E-state index contributed by atoms with van der Waals surface area (Å²) in [5.74, 6) is -1.78. The highest BCUT2D eigenvalue weighted by Crippen LogP contribution is 2.31. The monoisotopic (exact) mass is 482 g/mol. The lowest BCUT2D eigenvalue weighted by molar-refractivity contribution is 0.0123.